The average Bonchev–Trinajstić information content (AvgIpc) is 2.99. The van der Waals surface area contributed by atoms with Gasteiger partial charge < -0.3 is 9.84 Å². The van der Waals surface area contributed by atoms with Crippen molar-refractivity contribution in [1.82, 2.24) is 20.4 Å². The third-order valence-electron chi connectivity index (χ3n) is 3.56. The van der Waals surface area contributed by atoms with Crippen LogP contribution in [0.15, 0.2) is 10.6 Å². The first kappa shape index (κ1) is 12.3. The predicted octanol–water partition coefficient (Wildman–Crippen LogP) is 2.48. The van der Waals surface area contributed by atoms with Gasteiger partial charge >= 0.3 is 0 Å². The Morgan fingerprint density at radius 1 is 1.26 bits per heavy atom. The molecule has 19 heavy (non-hydrogen) atoms. The van der Waals surface area contributed by atoms with Crippen LogP contribution in [0.2, 0.25) is 0 Å². The molecule has 1 atom stereocenters. The van der Waals surface area contributed by atoms with Crippen LogP contribution in [0.4, 0.5) is 0 Å². The van der Waals surface area contributed by atoms with Crippen LogP contribution in [-0.2, 0) is 0 Å². The van der Waals surface area contributed by atoms with E-state index in [2.05, 4.69) is 26.5 Å². The SMILES string of the molecule is Cc1nc(-c2c(C)noc2C)cc([C@@H]2CCCN2)n1. The average molecular weight is 258 g/mol. The largest absolute Gasteiger partial charge is 0.361 e. The second kappa shape index (κ2) is 4.74. The van der Waals surface area contributed by atoms with Gasteiger partial charge in [0.2, 0.25) is 0 Å². The Hall–Kier alpha value is -1.75. The third-order valence-corrected chi connectivity index (χ3v) is 3.56. The van der Waals surface area contributed by atoms with Crippen molar-refractivity contribution in [3.63, 3.8) is 0 Å². The summed E-state index contributed by atoms with van der Waals surface area (Å²) in [5.74, 6) is 1.60. The summed E-state index contributed by atoms with van der Waals surface area (Å²) in [7, 11) is 0. The lowest BCUT2D eigenvalue weighted by atomic mass is 10.1. The molecule has 1 saturated heterocycles. The Morgan fingerprint density at radius 2 is 2.11 bits per heavy atom. The molecular formula is C14H18N4O. The fraction of sp³-hybridized carbons (Fsp3) is 0.500. The monoisotopic (exact) mass is 258 g/mol. The van der Waals surface area contributed by atoms with Gasteiger partial charge in [0.05, 0.1) is 22.6 Å². The Balaban J connectivity index is 2.07. The van der Waals surface area contributed by atoms with Crippen LogP contribution < -0.4 is 5.32 Å². The molecule has 0 radical (unpaired) electrons. The molecule has 2 aromatic rings. The highest BCUT2D eigenvalue weighted by molar-refractivity contribution is 5.64. The molecule has 1 fully saturated rings. The van der Waals surface area contributed by atoms with Crippen LogP contribution in [0, 0.1) is 20.8 Å². The highest BCUT2D eigenvalue weighted by atomic mass is 16.5. The molecule has 0 aromatic carbocycles. The molecule has 5 heteroatoms. The van der Waals surface area contributed by atoms with Crippen molar-refractivity contribution in [2.24, 2.45) is 0 Å². The van der Waals surface area contributed by atoms with Crippen molar-refractivity contribution in [1.29, 1.82) is 0 Å². The zero-order valence-corrected chi connectivity index (χ0v) is 11.5. The summed E-state index contributed by atoms with van der Waals surface area (Å²) in [4.78, 5) is 9.09. The molecule has 3 heterocycles. The normalized spacial score (nSPS) is 19.0. The van der Waals surface area contributed by atoms with Gasteiger partial charge in [0.25, 0.3) is 0 Å². The molecule has 0 saturated carbocycles. The van der Waals surface area contributed by atoms with Crippen molar-refractivity contribution in [2.45, 2.75) is 39.7 Å². The summed E-state index contributed by atoms with van der Waals surface area (Å²) in [6.45, 7) is 6.85. The van der Waals surface area contributed by atoms with Crippen LogP contribution in [0.25, 0.3) is 11.3 Å². The van der Waals surface area contributed by atoms with Crippen LogP contribution in [0.5, 0.6) is 0 Å². The lowest BCUT2D eigenvalue weighted by Gasteiger charge is -2.11. The second-order valence-electron chi connectivity index (χ2n) is 5.07. The number of aryl methyl sites for hydroxylation is 3. The molecule has 0 spiro atoms. The minimum atomic E-state index is 0.348. The van der Waals surface area contributed by atoms with Crippen molar-refractivity contribution in [2.75, 3.05) is 6.54 Å². The fourth-order valence-corrected chi connectivity index (χ4v) is 2.68. The lowest BCUT2D eigenvalue weighted by molar-refractivity contribution is 0.393. The van der Waals surface area contributed by atoms with Gasteiger partial charge in [-0.15, -0.1) is 0 Å². The number of hydrogen-bond acceptors (Lipinski definition) is 5. The van der Waals surface area contributed by atoms with E-state index >= 15 is 0 Å². The maximum Gasteiger partial charge on any atom is 0.143 e. The smallest absolute Gasteiger partial charge is 0.143 e. The van der Waals surface area contributed by atoms with Crippen molar-refractivity contribution in [3.8, 4) is 11.3 Å². The Morgan fingerprint density at radius 3 is 2.74 bits per heavy atom. The molecule has 5 nitrogen and oxygen atoms in total. The molecule has 1 aliphatic rings. The van der Waals surface area contributed by atoms with Gasteiger partial charge in [-0.2, -0.15) is 0 Å². The molecular weight excluding hydrogens is 240 g/mol. The van der Waals surface area contributed by atoms with Crippen molar-refractivity contribution >= 4 is 0 Å². The zero-order chi connectivity index (χ0) is 13.4. The maximum atomic E-state index is 5.23. The Bertz CT molecular complexity index is 580. The summed E-state index contributed by atoms with van der Waals surface area (Å²) in [6, 6.07) is 2.41. The molecule has 0 bridgehead atoms. The standard InChI is InChI=1S/C14H18N4O/c1-8-14(9(2)19-18-8)13-7-12(16-10(3)17-13)11-5-4-6-15-11/h7,11,15H,4-6H2,1-3H3/t11-/m0/s1. The first-order valence-corrected chi connectivity index (χ1v) is 6.67. The quantitative estimate of drug-likeness (QED) is 0.896. The van der Waals surface area contributed by atoms with E-state index < -0.39 is 0 Å². The van der Waals surface area contributed by atoms with E-state index in [1.165, 1.54) is 6.42 Å². The van der Waals surface area contributed by atoms with Crippen LogP contribution in [0.1, 0.15) is 41.9 Å². The van der Waals surface area contributed by atoms with E-state index in [4.69, 9.17) is 4.52 Å². The molecule has 1 N–H and O–H groups in total. The highest BCUT2D eigenvalue weighted by Gasteiger charge is 2.21. The predicted molar refractivity (Wildman–Crippen MR) is 71.7 cm³/mol. The van der Waals surface area contributed by atoms with E-state index in [0.717, 1.165) is 47.2 Å². The molecule has 3 rings (SSSR count). The van der Waals surface area contributed by atoms with Crippen LogP contribution in [-0.4, -0.2) is 21.7 Å². The summed E-state index contributed by atoms with van der Waals surface area (Å²) in [5, 5.41) is 7.47. The summed E-state index contributed by atoms with van der Waals surface area (Å²) in [6.07, 6.45) is 2.34. The van der Waals surface area contributed by atoms with E-state index in [1.54, 1.807) is 0 Å². The number of nitrogens with one attached hydrogen (secondary N) is 1. The molecule has 100 valence electrons. The number of hydrogen-bond donors (Lipinski definition) is 1. The summed E-state index contributed by atoms with van der Waals surface area (Å²) in [5.41, 5.74) is 3.85. The van der Waals surface area contributed by atoms with E-state index in [-0.39, 0.29) is 0 Å². The number of rotatable bonds is 2. The van der Waals surface area contributed by atoms with Gasteiger partial charge in [-0.25, -0.2) is 9.97 Å². The van der Waals surface area contributed by atoms with Gasteiger partial charge in [0.15, 0.2) is 0 Å². The van der Waals surface area contributed by atoms with Gasteiger partial charge in [0, 0.05) is 6.04 Å². The summed E-state index contributed by atoms with van der Waals surface area (Å²) < 4.78 is 5.23. The number of nitrogens with zero attached hydrogens (tertiary/aromatic N) is 3. The highest BCUT2D eigenvalue weighted by Crippen LogP contribution is 2.28. The van der Waals surface area contributed by atoms with Gasteiger partial charge in [-0.3, -0.25) is 0 Å². The van der Waals surface area contributed by atoms with Crippen molar-refractivity contribution < 1.29 is 4.52 Å². The molecule has 2 aromatic heterocycles. The Labute approximate surface area is 112 Å². The van der Waals surface area contributed by atoms with E-state index in [9.17, 15) is 0 Å². The molecule has 1 aliphatic heterocycles. The third kappa shape index (κ3) is 2.26. The molecule has 0 aliphatic carbocycles. The summed E-state index contributed by atoms with van der Waals surface area (Å²) >= 11 is 0. The minimum absolute atomic E-state index is 0.348. The van der Waals surface area contributed by atoms with Crippen LogP contribution in [0.3, 0.4) is 0 Å². The topological polar surface area (TPSA) is 63.8 Å². The van der Waals surface area contributed by atoms with Gasteiger partial charge in [0.1, 0.15) is 11.6 Å². The second-order valence-corrected chi connectivity index (χ2v) is 5.07. The maximum absolute atomic E-state index is 5.23. The molecule has 0 amide bonds. The Kier molecular flexibility index (Phi) is 3.06. The number of aromatic nitrogens is 3. The zero-order valence-electron chi connectivity index (χ0n) is 11.5. The van der Waals surface area contributed by atoms with E-state index in [1.807, 2.05) is 20.8 Å². The van der Waals surface area contributed by atoms with Gasteiger partial charge in [-0.1, -0.05) is 5.16 Å². The van der Waals surface area contributed by atoms with Crippen LogP contribution >= 0.6 is 0 Å². The lowest BCUT2D eigenvalue weighted by Crippen LogP contribution is -2.15. The fourth-order valence-electron chi connectivity index (χ4n) is 2.68. The van der Waals surface area contributed by atoms with E-state index in [0.29, 0.717) is 6.04 Å². The first-order valence-electron chi connectivity index (χ1n) is 6.67. The van der Waals surface area contributed by atoms with Crippen molar-refractivity contribution in [3.05, 3.63) is 29.0 Å². The van der Waals surface area contributed by atoms with Gasteiger partial charge in [-0.05, 0) is 46.2 Å². The first-order chi connectivity index (χ1) is 9.15. The molecule has 0 unspecified atom stereocenters. The minimum Gasteiger partial charge on any atom is -0.361 e.